The lowest BCUT2D eigenvalue weighted by Crippen LogP contribution is -2.34. The highest BCUT2D eigenvalue weighted by molar-refractivity contribution is 7.89. The maximum absolute atomic E-state index is 11.7. The summed E-state index contributed by atoms with van der Waals surface area (Å²) in [5.74, 6) is 0.0442. The van der Waals surface area contributed by atoms with Gasteiger partial charge in [0.25, 0.3) is 0 Å². The zero-order valence-electron chi connectivity index (χ0n) is 9.27. The molecule has 0 aromatic rings. The highest BCUT2D eigenvalue weighted by Gasteiger charge is 2.20. The number of ether oxygens (including phenoxy) is 1. The largest absolute Gasteiger partial charge is 0.385 e. The SMILES string of the molecule is CCCN(CC#N)S(=O)(=O)CCCOC. The van der Waals surface area contributed by atoms with Gasteiger partial charge >= 0.3 is 0 Å². The predicted octanol–water partition coefficient (Wildman–Crippen LogP) is 0.588. The highest BCUT2D eigenvalue weighted by atomic mass is 32.2. The zero-order valence-corrected chi connectivity index (χ0v) is 10.1. The van der Waals surface area contributed by atoms with E-state index in [0.717, 1.165) is 0 Å². The van der Waals surface area contributed by atoms with Gasteiger partial charge in [0.1, 0.15) is 6.54 Å². The normalized spacial score (nSPS) is 11.6. The second-order valence-electron chi connectivity index (χ2n) is 3.15. The number of methoxy groups -OCH3 is 1. The van der Waals surface area contributed by atoms with E-state index in [-0.39, 0.29) is 12.3 Å². The van der Waals surface area contributed by atoms with Crippen LogP contribution in [0.3, 0.4) is 0 Å². The monoisotopic (exact) mass is 234 g/mol. The van der Waals surface area contributed by atoms with Gasteiger partial charge in [0, 0.05) is 20.3 Å². The molecule has 0 rings (SSSR count). The molecule has 0 aliphatic rings. The minimum absolute atomic E-state index is 0.0442. The quantitative estimate of drug-likeness (QED) is 0.455. The molecule has 0 unspecified atom stereocenters. The van der Waals surface area contributed by atoms with Gasteiger partial charge in [-0.05, 0) is 12.8 Å². The van der Waals surface area contributed by atoms with E-state index in [1.807, 2.05) is 13.0 Å². The molecule has 0 saturated carbocycles. The van der Waals surface area contributed by atoms with Crippen molar-refractivity contribution < 1.29 is 13.2 Å². The molecule has 0 fully saturated rings. The van der Waals surface area contributed by atoms with Gasteiger partial charge in [-0.3, -0.25) is 0 Å². The van der Waals surface area contributed by atoms with Crippen molar-refractivity contribution >= 4 is 10.0 Å². The fraction of sp³-hybridized carbons (Fsp3) is 0.889. The van der Waals surface area contributed by atoms with Gasteiger partial charge in [0.15, 0.2) is 0 Å². The molecule has 0 heterocycles. The van der Waals surface area contributed by atoms with Crippen LogP contribution in [-0.2, 0) is 14.8 Å². The third-order valence-corrected chi connectivity index (χ3v) is 3.77. The van der Waals surface area contributed by atoms with E-state index in [0.29, 0.717) is 26.0 Å². The van der Waals surface area contributed by atoms with Crippen LogP contribution in [0.4, 0.5) is 0 Å². The van der Waals surface area contributed by atoms with Gasteiger partial charge in [0.05, 0.1) is 11.8 Å². The molecule has 88 valence electrons. The molecule has 0 aromatic carbocycles. The smallest absolute Gasteiger partial charge is 0.215 e. The lowest BCUT2D eigenvalue weighted by molar-refractivity contribution is 0.199. The Morgan fingerprint density at radius 3 is 2.60 bits per heavy atom. The Labute approximate surface area is 91.7 Å². The number of nitriles is 1. The molecule has 5 nitrogen and oxygen atoms in total. The van der Waals surface area contributed by atoms with Crippen molar-refractivity contribution in [3.05, 3.63) is 0 Å². The van der Waals surface area contributed by atoms with E-state index in [4.69, 9.17) is 10.00 Å². The second-order valence-corrected chi connectivity index (χ2v) is 5.24. The third kappa shape index (κ3) is 5.72. The van der Waals surface area contributed by atoms with Crippen molar-refractivity contribution in [1.29, 1.82) is 5.26 Å². The average Bonchev–Trinajstić information content (AvgIpc) is 2.18. The number of rotatable bonds is 8. The maximum Gasteiger partial charge on any atom is 0.215 e. The Morgan fingerprint density at radius 1 is 1.47 bits per heavy atom. The van der Waals surface area contributed by atoms with E-state index in [1.165, 1.54) is 11.4 Å². The molecular formula is C9H18N2O3S. The molecule has 0 aliphatic heterocycles. The van der Waals surface area contributed by atoms with E-state index in [2.05, 4.69) is 0 Å². The van der Waals surface area contributed by atoms with Crippen LogP contribution in [0.15, 0.2) is 0 Å². The summed E-state index contributed by atoms with van der Waals surface area (Å²) < 4.78 is 29.4. The Bertz CT molecular complexity index is 295. The molecule has 0 bridgehead atoms. The van der Waals surface area contributed by atoms with Crippen LogP contribution < -0.4 is 0 Å². The highest BCUT2D eigenvalue weighted by Crippen LogP contribution is 2.04. The lowest BCUT2D eigenvalue weighted by atomic mass is 10.5. The molecule has 0 amide bonds. The van der Waals surface area contributed by atoms with Crippen molar-refractivity contribution in [1.82, 2.24) is 4.31 Å². The molecule has 0 saturated heterocycles. The summed E-state index contributed by atoms with van der Waals surface area (Å²) >= 11 is 0. The van der Waals surface area contributed by atoms with Gasteiger partial charge in [-0.15, -0.1) is 0 Å². The van der Waals surface area contributed by atoms with Gasteiger partial charge in [-0.1, -0.05) is 6.92 Å². The van der Waals surface area contributed by atoms with Crippen LogP contribution >= 0.6 is 0 Å². The molecule has 0 radical (unpaired) electrons. The predicted molar refractivity (Wildman–Crippen MR) is 57.8 cm³/mol. The maximum atomic E-state index is 11.7. The number of nitrogens with zero attached hydrogens (tertiary/aromatic N) is 2. The zero-order chi connectivity index (χ0) is 11.7. The average molecular weight is 234 g/mol. The summed E-state index contributed by atoms with van der Waals surface area (Å²) in [4.78, 5) is 0. The summed E-state index contributed by atoms with van der Waals surface area (Å²) in [7, 11) is -1.75. The van der Waals surface area contributed by atoms with Gasteiger partial charge in [0.2, 0.25) is 10.0 Å². The van der Waals surface area contributed by atoms with E-state index in [1.54, 1.807) is 0 Å². The first kappa shape index (κ1) is 14.4. The first-order valence-electron chi connectivity index (χ1n) is 4.92. The molecule has 0 aliphatic carbocycles. The Kier molecular flexibility index (Phi) is 7.30. The summed E-state index contributed by atoms with van der Waals surface area (Å²) in [6.07, 6.45) is 1.18. The first-order valence-corrected chi connectivity index (χ1v) is 6.53. The summed E-state index contributed by atoms with van der Waals surface area (Å²) in [6, 6.07) is 1.86. The van der Waals surface area contributed by atoms with Gasteiger partial charge in [-0.2, -0.15) is 9.57 Å². The van der Waals surface area contributed by atoms with Crippen LogP contribution in [0.25, 0.3) is 0 Å². The molecule has 0 aromatic heterocycles. The summed E-state index contributed by atoms with van der Waals surface area (Å²) in [6.45, 7) is 2.65. The van der Waals surface area contributed by atoms with Crippen LogP contribution in [0.5, 0.6) is 0 Å². The Balaban J connectivity index is 4.30. The Morgan fingerprint density at radius 2 is 2.13 bits per heavy atom. The molecule has 0 atom stereocenters. The van der Waals surface area contributed by atoms with Crippen LogP contribution in [0.2, 0.25) is 0 Å². The fourth-order valence-electron chi connectivity index (χ4n) is 1.16. The summed E-state index contributed by atoms with van der Waals surface area (Å²) in [5.41, 5.74) is 0. The van der Waals surface area contributed by atoms with Crippen molar-refractivity contribution in [2.24, 2.45) is 0 Å². The second kappa shape index (κ2) is 7.63. The lowest BCUT2D eigenvalue weighted by Gasteiger charge is -2.18. The standard InChI is InChI=1S/C9H18N2O3S/c1-3-6-11(7-5-10)15(12,13)9-4-8-14-2/h3-4,6-9H2,1-2H3. The van der Waals surface area contributed by atoms with Crippen molar-refractivity contribution in [3.63, 3.8) is 0 Å². The van der Waals surface area contributed by atoms with E-state index < -0.39 is 10.0 Å². The van der Waals surface area contributed by atoms with Crippen LogP contribution in [-0.4, -0.2) is 45.3 Å². The van der Waals surface area contributed by atoms with Gasteiger partial charge < -0.3 is 4.74 Å². The van der Waals surface area contributed by atoms with Crippen molar-refractivity contribution in [2.75, 3.05) is 32.6 Å². The summed E-state index contributed by atoms with van der Waals surface area (Å²) in [5, 5.41) is 8.52. The van der Waals surface area contributed by atoms with Gasteiger partial charge in [-0.25, -0.2) is 8.42 Å². The van der Waals surface area contributed by atoms with E-state index >= 15 is 0 Å². The molecule has 15 heavy (non-hydrogen) atoms. The fourth-order valence-corrected chi connectivity index (χ4v) is 2.62. The third-order valence-electron chi connectivity index (χ3n) is 1.86. The molecular weight excluding hydrogens is 216 g/mol. The minimum Gasteiger partial charge on any atom is -0.385 e. The van der Waals surface area contributed by atoms with E-state index in [9.17, 15) is 8.42 Å². The number of hydrogen-bond acceptors (Lipinski definition) is 4. The Hall–Kier alpha value is -0.640. The van der Waals surface area contributed by atoms with Crippen molar-refractivity contribution in [3.8, 4) is 6.07 Å². The topological polar surface area (TPSA) is 70.4 Å². The first-order chi connectivity index (χ1) is 7.08. The molecule has 0 N–H and O–H groups in total. The van der Waals surface area contributed by atoms with Crippen LogP contribution in [0, 0.1) is 11.3 Å². The van der Waals surface area contributed by atoms with Crippen molar-refractivity contribution in [2.45, 2.75) is 19.8 Å². The minimum atomic E-state index is -3.29. The molecule has 0 spiro atoms. The number of sulfonamides is 1. The number of hydrogen-bond donors (Lipinski definition) is 0. The molecule has 6 heteroatoms. The van der Waals surface area contributed by atoms with Crippen LogP contribution in [0.1, 0.15) is 19.8 Å².